The average molecular weight is 423 g/mol. The van der Waals surface area contributed by atoms with E-state index in [9.17, 15) is 18.0 Å². The summed E-state index contributed by atoms with van der Waals surface area (Å²) in [5, 5.41) is 0.632. The van der Waals surface area contributed by atoms with Crippen LogP contribution in [0.25, 0.3) is 10.2 Å². The first-order chi connectivity index (χ1) is 13.5. The standard InChI is InChI=1S/C19H16F3N3OS2/c20-12-1-3-14(4-2-12)27-11-17(26)24-5-7-25(8-6-24)19-23-18-15(22)9-13(21)10-16(18)28-19/h1-4,9-10H,5-8,11H2. The molecule has 2 heterocycles. The number of thioether (sulfide) groups is 1. The second-order valence-electron chi connectivity index (χ2n) is 6.34. The molecule has 0 unspecified atom stereocenters. The van der Waals surface area contributed by atoms with Crippen molar-refractivity contribution < 1.29 is 18.0 Å². The van der Waals surface area contributed by atoms with Crippen molar-refractivity contribution in [3.63, 3.8) is 0 Å². The number of thiazole rings is 1. The average Bonchev–Trinajstić information content (AvgIpc) is 3.12. The highest BCUT2D eigenvalue weighted by Gasteiger charge is 2.23. The maximum absolute atomic E-state index is 13.9. The summed E-state index contributed by atoms with van der Waals surface area (Å²) in [5.74, 6) is -1.27. The number of aromatic nitrogens is 1. The lowest BCUT2D eigenvalue weighted by molar-refractivity contribution is -0.128. The first-order valence-electron chi connectivity index (χ1n) is 8.66. The van der Waals surface area contributed by atoms with Crippen LogP contribution in [0.4, 0.5) is 18.3 Å². The van der Waals surface area contributed by atoms with Gasteiger partial charge in [0.05, 0.1) is 10.5 Å². The normalized spacial score (nSPS) is 14.7. The highest BCUT2D eigenvalue weighted by molar-refractivity contribution is 8.00. The summed E-state index contributed by atoms with van der Waals surface area (Å²) in [5.41, 5.74) is 0.176. The monoisotopic (exact) mass is 423 g/mol. The molecule has 1 amide bonds. The Bertz CT molecular complexity index is 1000. The summed E-state index contributed by atoms with van der Waals surface area (Å²) >= 11 is 2.62. The molecule has 0 atom stereocenters. The number of fused-ring (bicyclic) bond motifs is 1. The molecule has 28 heavy (non-hydrogen) atoms. The number of hydrogen-bond acceptors (Lipinski definition) is 5. The SMILES string of the molecule is O=C(CSc1ccc(F)cc1)N1CCN(c2nc3c(F)cc(F)cc3s2)CC1. The van der Waals surface area contributed by atoms with Gasteiger partial charge in [-0.15, -0.1) is 11.8 Å². The quantitative estimate of drug-likeness (QED) is 0.591. The van der Waals surface area contributed by atoms with Crippen LogP contribution in [0, 0.1) is 17.5 Å². The number of carbonyl (C=O) groups is 1. The molecule has 4 nitrogen and oxygen atoms in total. The van der Waals surface area contributed by atoms with Gasteiger partial charge >= 0.3 is 0 Å². The van der Waals surface area contributed by atoms with Gasteiger partial charge in [-0.3, -0.25) is 4.79 Å². The van der Waals surface area contributed by atoms with Gasteiger partial charge in [-0.1, -0.05) is 11.3 Å². The highest BCUT2D eigenvalue weighted by Crippen LogP contribution is 2.31. The van der Waals surface area contributed by atoms with Crippen molar-refractivity contribution in [3.05, 3.63) is 53.8 Å². The first-order valence-corrected chi connectivity index (χ1v) is 10.5. The summed E-state index contributed by atoms with van der Waals surface area (Å²) < 4.78 is 40.6. The molecule has 0 saturated carbocycles. The molecule has 2 aromatic carbocycles. The fourth-order valence-corrected chi connectivity index (χ4v) is 4.85. The topological polar surface area (TPSA) is 36.4 Å². The number of piperazine rings is 1. The third-order valence-electron chi connectivity index (χ3n) is 4.48. The molecule has 1 fully saturated rings. The van der Waals surface area contributed by atoms with E-state index in [-0.39, 0.29) is 23.0 Å². The van der Waals surface area contributed by atoms with E-state index in [1.54, 1.807) is 17.0 Å². The summed E-state index contributed by atoms with van der Waals surface area (Å²) in [6.07, 6.45) is 0. The molecule has 9 heteroatoms. The van der Waals surface area contributed by atoms with Crippen LogP contribution in [-0.2, 0) is 4.79 Å². The van der Waals surface area contributed by atoms with Crippen molar-refractivity contribution >= 4 is 44.4 Å². The minimum atomic E-state index is -0.663. The van der Waals surface area contributed by atoms with Crippen LogP contribution < -0.4 is 4.90 Å². The Balaban J connectivity index is 1.34. The van der Waals surface area contributed by atoms with E-state index in [4.69, 9.17) is 0 Å². The number of rotatable bonds is 4. The maximum atomic E-state index is 13.9. The van der Waals surface area contributed by atoms with E-state index in [1.165, 1.54) is 41.3 Å². The second kappa shape index (κ2) is 8.00. The minimum absolute atomic E-state index is 0.0198. The number of amides is 1. The molecule has 0 aliphatic carbocycles. The Morgan fingerprint density at radius 2 is 1.75 bits per heavy atom. The Kier molecular flexibility index (Phi) is 5.45. The molecule has 0 radical (unpaired) electrons. The van der Waals surface area contributed by atoms with Gasteiger partial charge in [-0.05, 0) is 30.3 Å². The molecular weight excluding hydrogens is 407 g/mol. The number of halogens is 3. The summed E-state index contributed by atoms with van der Waals surface area (Å²) in [6, 6.07) is 8.17. The zero-order chi connectivity index (χ0) is 19.7. The third-order valence-corrected chi connectivity index (χ3v) is 6.54. The number of carbonyl (C=O) groups excluding carboxylic acids is 1. The highest BCUT2D eigenvalue weighted by atomic mass is 32.2. The maximum Gasteiger partial charge on any atom is 0.233 e. The fraction of sp³-hybridized carbons (Fsp3) is 0.263. The summed E-state index contributed by atoms with van der Waals surface area (Å²) in [6.45, 7) is 2.24. The number of anilines is 1. The van der Waals surface area contributed by atoms with Crippen LogP contribution in [0.5, 0.6) is 0 Å². The molecule has 0 spiro atoms. The molecule has 0 N–H and O–H groups in total. The van der Waals surface area contributed by atoms with Gasteiger partial charge < -0.3 is 9.80 Å². The van der Waals surface area contributed by atoms with Gasteiger partial charge in [0.2, 0.25) is 5.91 Å². The fourth-order valence-electron chi connectivity index (χ4n) is 3.00. The van der Waals surface area contributed by atoms with E-state index >= 15 is 0 Å². The lowest BCUT2D eigenvalue weighted by atomic mass is 10.3. The minimum Gasteiger partial charge on any atom is -0.345 e. The van der Waals surface area contributed by atoms with E-state index in [0.717, 1.165) is 11.0 Å². The van der Waals surface area contributed by atoms with Gasteiger partial charge in [0.15, 0.2) is 10.9 Å². The van der Waals surface area contributed by atoms with Crippen molar-refractivity contribution in [1.29, 1.82) is 0 Å². The third kappa shape index (κ3) is 4.10. The van der Waals surface area contributed by atoms with E-state index in [1.807, 2.05) is 4.90 Å². The smallest absolute Gasteiger partial charge is 0.233 e. The van der Waals surface area contributed by atoms with Crippen LogP contribution in [-0.4, -0.2) is 47.7 Å². The molecular formula is C19H16F3N3OS2. The Morgan fingerprint density at radius 3 is 2.46 bits per heavy atom. The van der Waals surface area contributed by atoms with Crippen LogP contribution >= 0.6 is 23.1 Å². The van der Waals surface area contributed by atoms with Crippen molar-refractivity contribution in [2.75, 3.05) is 36.8 Å². The lowest BCUT2D eigenvalue weighted by Gasteiger charge is -2.34. The van der Waals surface area contributed by atoms with Gasteiger partial charge in [0, 0.05) is 37.1 Å². The first kappa shape index (κ1) is 19.1. The van der Waals surface area contributed by atoms with Gasteiger partial charge in [0.1, 0.15) is 17.2 Å². The number of hydrogen-bond donors (Lipinski definition) is 0. The van der Waals surface area contributed by atoms with E-state index < -0.39 is 11.6 Å². The molecule has 0 bridgehead atoms. The lowest BCUT2D eigenvalue weighted by Crippen LogP contribution is -2.49. The van der Waals surface area contributed by atoms with Crippen molar-refractivity contribution in [2.24, 2.45) is 0 Å². The summed E-state index contributed by atoms with van der Waals surface area (Å²) in [4.78, 5) is 21.3. The van der Waals surface area contributed by atoms with Crippen molar-refractivity contribution in [1.82, 2.24) is 9.88 Å². The molecule has 146 valence electrons. The van der Waals surface area contributed by atoms with Gasteiger partial charge in [0.25, 0.3) is 0 Å². The Morgan fingerprint density at radius 1 is 1.04 bits per heavy atom. The largest absolute Gasteiger partial charge is 0.345 e. The zero-order valence-electron chi connectivity index (χ0n) is 14.7. The Hall–Kier alpha value is -2.26. The van der Waals surface area contributed by atoms with Crippen LogP contribution in [0.2, 0.25) is 0 Å². The molecule has 1 aliphatic rings. The molecule has 1 aliphatic heterocycles. The summed E-state index contributed by atoms with van der Waals surface area (Å²) in [7, 11) is 0. The van der Waals surface area contributed by atoms with E-state index in [2.05, 4.69) is 4.98 Å². The Labute approximate surface area is 168 Å². The van der Waals surface area contributed by atoms with Crippen LogP contribution in [0.1, 0.15) is 0 Å². The van der Waals surface area contributed by atoms with Crippen LogP contribution in [0.3, 0.4) is 0 Å². The molecule has 1 aromatic heterocycles. The predicted molar refractivity (Wildman–Crippen MR) is 105 cm³/mol. The van der Waals surface area contributed by atoms with Crippen molar-refractivity contribution in [2.45, 2.75) is 4.90 Å². The molecule has 3 aromatic rings. The van der Waals surface area contributed by atoms with Crippen molar-refractivity contribution in [3.8, 4) is 0 Å². The zero-order valence-corrected chi connectivity index (χ0v) is 16.3. The predicted octanol–water partition coefficient (Wildman–Crippen LogP) is 4.15. The number of nitrogens with zero attached hydrogens (tertiary/aromatic N) is 3. The molecule has 4 rings (SSSR count). The van der Waals surface area contributed by atoms with Crippen LogP contribution in [0.15, 0.2) is 41.3 Å². The number of benzene rings is 2. The second-order valence-corrected chi connectivity index (χ2v) is 8.40. The van der Waals surface area contributed by atoms with E-state index in [0.29, 0.717) is 36.0 Å². The van der Waals surface area contributed by atoms with Gasteiger partial charge in [-0.25, -0.2) is 18.2 Å². The van der Waals surface area contributed by atoms with Gasteiger partial charge in [-0.2, -0.15) is 0 Å². The molecule has 1 saturated heterocycles.